The minimum absolute atomic E-state index is 0.0600. The summed E-state index contributed by atoms with van der Waals surface area (Å²) in [5.74, 6) is 0. The molecule has 4 nitrogen and oxygen atoms in total. The van der Waals surface area contributed by atoms with E-state index in [1.165, 1.54) is 11.3 Å². The number of piperidine rings is 1. The zero-order valence-electron chi connectivity index (χ0n) is 16.7. The van der Waals surface area contributed by atoms with E-state index in [2.05, 4.69) is 0 Å². The highest BCUT2D eigenvalue weighted by Crippen LogP contribution is 2.49. The molecule has 152 valence electrons. The third-order valence-corrected chi connectivity index (χ3v) is 6.57. The molecule has 3 rings (SSSR count). The molecule has 27 heavy (non-hydrogen) atoms. The Bertz CT molecular complexity index is 686. The smallest absolute Gasteiger partial charge is 0.410 e. The van der Waals surface area contributed by atoms with Gasteiger partial charge in [0.05, 0.1) is 6.61 Å². The fourth-order valence-corrected chi connectivity index (χ4v) is 5.75. The SMILES string of the molecule is C[C@@H]1CC2(C[C@H](C)N1C(=O)OC(C)(C)C)OCCc1cc(CC(F)F)sc12. The summed E-state index contributed by atoms with van der Waals surface area (Å²) in [4.78, 5) is 16.2. The lowest BCUT2D eigenvalue weighted by Gasteiger charge is -2.50. The van der Waals surface area contributed by atoms with Gasteiger partial charge in [0.15, 0.2) is 0 Å². The molecule has 0 radical (unpaired) electrons. The molecule has 1 aromatic rings. The third-order valence-electron chi connectivity index (χ3n) is 5.18. The van der Waals surface area contributed by atoms with Crippen molar-refractivity contribution in [3.63, 3.8) is 0 Å². The van der Waals surface area contributed by atoms with Crippen molar-refractivity contribution in [1.82, 2.24) is 4.90 Å². The molecule has 0 N–H and O–H groups in total. The number of ether oxygens (including phenoxy) is 2. The zero-order chi connectivity index (χ0) is 20.0. The molecule has 2 aliphatic rings. The number of amides is 1. The fourth-order valence-electron chi connectivity index (χ4n) is 4.38. The van der Waals surface area contributed by atoms with Crippen molar-refractivity contribution < 1.29 is 23.0 Å². The molecule has 1 fully saturated rings. The zero-order valence-corrected chi connectivity index (χ0v) is 17.5. The average molecular weight is 402 g/mol. The summed E-state index contributed by atoms with van der Waals surface area (Å²) in [6, 6.07) is 1.80. The molecule has 1 aromatic heterocycles. The van der Waals surface area contributed by atoms with Crippen LogP contribution in [0.1, 0.15) is 62.8 Å². The topological polar surface area (TPSA) is 38.8 Å². The monoisotopic (exact) mass is 401 g/mol. The second kappa shape index (κ2) is 7.32. The van der Waals surface area contributed by atoms with Gasteiger partial charge in [-0.1, -0.05) is 0 Å². The van der Waals surface area contributed by atoms with Gasteiger partial charge in [-0.3, -0.25) is 0 Å². The van der Waals surface area contributed by atoms with E-state index in [4.69, 9.17) is 9.47 Å². The van der Waals surface area contributed by atoms with Crippen molar-refractivity contribution in [3.8, 4) is 0 Å². The summed E-state index contributed by atoms with van der Waals surface area (Å²) in [6.45, 7) is 10.2. The first-order valence-corrected chi connectivity index (χ1v) is 10.4. The van der Waals surface area contributed by atoms with Crippen LogP contribution in [0.3, 0.4) is 0 Å². The van der Waals surface area contributed by atoms with Gasteiger partial charge in [0, 0.05) is 41.1 Å². The Labute approximate surface area is 163 Å². The highest BCUT2D eigenvalue weighted by molar-refractivity contribution is 7.12. The number of carbonyl (C=O) groups is 1. The molecule has 3 atom stereocenters. The molecule has 1 amide bonds. The van der Waals surface area contributed by atoms with Crippen LogP contribution >= 0.6 is 11.3 Å². The van der Waals surface area contributed by atoms with Crippen LogP contribution in [0.5, 0.6) is 0 Å². The van der Waals surface area contributed by atoms with E-state index in [0.717, 1.165) is 21.7 Å². The third kappa shape index (κ3) is 4.29. The molecular formula is C20H29F2NO3S. The van der Waals surface area contributed by atoms with Crippen molar-refractivity contribution in [1.29, 1.82) is 0 Å². The Morgan fingerprint density at radius 3 is 2.56 bits per heavy atom. The summed E-state index contributed by atoms with van der Waals surface area (Å²) >= 11 is 1.45. The number of thiophene rings is 1. The largest absolute Gasteiger partial charge is 0.444 e. The Balaban J connectivity index is 1.84. The molecule has 0 aromatic carbocycles. The molecule has 7 heteroatoms. The molecule has 0 aliphatic carbocycles. The maximum absolute atomic E-state index is 12.8. The summed E-state index contributed by atoms with van der Waals surface area (Å²) < 4.78 is 37.5. The first kappa shape index (κ1) is 20.5. The van der Waals surface area contributed by atoms with Gasteiger partial charge in [-0.25, -0.2) is 13.6 Å². The van der Waals surface area contributed by atoms with E-state index in [9.17, 15) is 13.6 Å². The highest BCUT2D eigenvalue weighted by Gasteiger charge is 2.49. The molecule has 1 saturated heterocycles. The Morgan fingerprint density at radius 2 is 2.00 bits per heavy atom. The maximum atomic E-state index is 12.8. The number of likely N-dealkylation sites (tertiary alicyclic amines) is 1. The van der Waals surface area contributed by atoms with Crippen molar-refractivity contribution in [3.05, 3.63) is 21.4 Å². The van der Waals surface area contributed by atoms with Crippen molar-refractivity contribution >= 4 is 17.4 Å². The lowest BCUT2D eigenvalue weighted by molar-refractivity contribution is -0.122. The predicted octanol–water partition coefficient (Wildman–Crippen LogP) is 5.13. The standard InChI is InChI=1S/C20H29F2NO3S/c1-12-10-20(11-13(2)23(12)18(24)26-19(3,4)5)17-14(6-7-25-20)8-15(27-17)9-16(21)22/h8,12-13,16H,6-7,9-11H2,1-5H3/t12-,13+,20?. The quantitative estimate of drug-likeness (QED) is 0.689. The van der Waals surface area contributed by atoms with E-state index in [1.54, 1.807) is 4.90 Å². The van der Waals surface area contributed by atoms with Crippen LogP contribution in [0.25, 0.3) is 0 Å². The van der Waals surface area contributed by atoms with Crippen molar-refractivity contribution in [2.75, 3.05) is 6.61 Å². The minimum atomic E-state index is -2.34. The molecule has 2 aliphatic heterocycles. The van der Waals surface area contributed by atoms with Crippen LogP contribution in [0, 0.1) is 0 Å². The van der Waals surface area contributed by atoms with Crippen molar-refractivity contribution in [2.45, 2.75) is 90.0 Å². The number of nitrogens with zero attached hydrogens (tertiary/aromatic N) is 1. The number of halogens is 2. The van der Waals surface area contributed by atoms with Gasteiger partial charge in [-0.2, -0.15) is 0 Å². The van der Waals surface area contributed by atoms with Gasteiger partial charge in [0.1, 0.15) is 11.2 Å². The molecule has 0 bridgehead atoms. The van der Waals surface area contributed by atoms with Crippen molar-refractivity contribution in [2.24, 2.45) is 0 Å². The summed E-state index contributed by atoms with van der Waals surface area (Å²) in [5.41, 5.74) is 0.0978. The normalized spacial score (nSPS) is 28.5. The number of alkyl halides is 2. The van der Waals surface area contributed by atoms with E-state index < -0.39 is 17.6 Å². The Morgan fingerprint density at radius 1 is 1.37 bits per heavy atom. The molecule has 3 heterocycles. The predicted molar refractivity (Wildman–Crippen MR) is 102 cm³/mol. The summed E-state index contributed by atoms with van der Waals surface area (Å²) in [6.07, 6.45) is -0.791. The second-order valence-corrected chi connectivity index (χ2v) is 9.89. The van der Waals surface area contributed by atoms with Crippen LogP contribution in [0.2, 0.25) is 0 Å². The first-order valence-electron chi connectivity index (χ1n) is 9.56. The van der Waals surface area contributed by atoms with E-state index in [-0.39, 0.29) is 24.6 Å². The Kier molecular flexibility index (Phi) is 5.56. The second-order valence-electron chi connectivity index (χ2n) is 8.75. The van der Waals surface area contributed by atoms with Gasteiger partial charge in [0.2, 0.25) is 6.43 Å². The lowest BCUT2D eigenvalue weighted by atomic mass is 9.79. The number of carbonyl (C=O) groups excluding carboxylic acids is 1. The summed E-state index contributed by atoms with van der Waals surface area (Å²) in [5, 5.41) is 0. The minimum Gasteiger partial charge on any atom is -0.444 e. The number of hydrogen-bond acceptors (Lipinski definition) is 4. The molecule has 1 spiro atoms. The number of fused-ring (bicyclic) bond motifs is 2. The van der Waals surface area contributed by atoms with Crippen LogP contribution in [-0.4, -0.2) is 41.7 Å². The molecule has 0 saturated carbocycles. The van der Waals surface area contributed by atoms with Crippen LogP contribution in [-0.2, 0) is 27.9 Å². The van der Waals surface area contributed by atoms with E-state index >= 15 is 0 Å². The van der Waals surface area contributed by atoms with Gasteiger partial charge in [-0.05, 0) is 52.7 Å². The van der Waals surface area contributed by atoms with Gasteiger partial charge in [-0.15, -0.1) is 11.3 Å². The Hall–Kier alpha value is -1.21. The lowest BCUT2D eigenvalue weighted by Crippen LogP contribution is -2.57. The van der Waals surface area contributed by atoms with E-state index in [0.29, 0.717) is 19.4 Å². The van der Waals surface area contributed by atoms with Gasteiger partial charge < -0.3 is 14.4 Å². The molecule has 1 unspecified atom stereocenters. The number of rotatable bonds is 2. The fraction of sp³-hybridized carbons (Fsp3) is 0.750. The first-order chi connectivity index (χ1) is 12.5. The van der Waals surface area contributed by atoms with Crippen LogP contribution in [0.15, 0.2) is 6.07 Å². The van der Waals surface area contributed by atoms with Gasteiger partial charge in [0.25, 0.3) is 0 Å². The maximum Gasteiger partial charge on any atom is 0.410 e. The summed E-state index contributed by atoms with van der Waals surface area (Å²) in [7, 11) is 0. The molecular weight excluding hydrogens is 372 g/mol. The van der Waals surface area contributed by atoms with E-state index in [1.807, 2.05) is 40.7 Å². The number of hydrogen-bond donors (Lipinski definition) is 0. The van der Waals surface area contributed by atoms with Gasteiger partial charge >= 0.3 is 6.09 Å². The average Bonchev–Trinajstić information content (AvgIpc) is 2.87. The van der Waals surface area contributed by atoms with Crippen LogP contribution in [0.4, 0.5) is 13.6 Å². The highest BCUT2D eigenvalue weighted by atomic mass is 32.1. The van der Waals surface area contributed by atoms with Crippen LogP contribution < -0.4 is 0 Å².